The second-order valence-electron chi connectivity index (χ2n) is 5.49. The SMILES string of the molecule is CCn1ccnc1SCC(=O)Nc1cccc(CSc2ccccn2)c1. The van der Waals surface area contributed by atoms with Gasteiger partial charge in [-0.15, -0.1) is 11.8 Å². The second kappa shape index (κ2) is 9.45. The number of nitrogens with one attached hydrogen (secondary N) is 1. The molecule has 2 aromatic heterocycles. The molecular weight excluding hydrogens is 364 g/mol. The summed E-state index contributed by atoms with van der Waals surface area (Å²) in [5, 5.41) is 4.81. The number of nitrogens with zero attached hydrogens (tertiary/aromatic N) is 3. The van der Waals surface area contributed by atoms with Crippen LogP contribution in [0.1, 0.15) is 12.5 Å². The van der Waals surface area contributed by atoms with Gasteiger partial charge in [0.25, 0.3) is 0 Å². The number of aryl methyl sites for hydroxylation is 1. The number of hydrogen-bond donors (Lipinski definition) is 1. The minimum atomic E-state index is -0.0322. The van der Waals surface area contributed by atoms with Crippen LogP contribution in [-0.4, -0.2) is 26.2 Å². The summed E-state index contributed by atoms with van der Waals surface area (Å²) in [4.78, 5) is 20.8. The fourth-order valence-electron chi connectivity index (χ4n) is 2.33. The number of rotatable bonds is 8. The lowest BCUT2D eigenvalue weighted by atomic mass is 10.2. The first-order chi connectivity index (χ1) is 12.7. The molecule has 0 saturated heterocycles. The minimum Gasteiger partial charge on any atom is -0.326 e. The Kier molecular flexibility index (Phi) is 6.74. The number of thioether (sulfide) groups is 2. The molecule has 26 heavy (non-hydrogen) atoms. The van der Waals surface area contributed by atoms with Crippen LogP contribution < -0.4 is 5.32 Å². The first-order valence-electron chi connectivity index (χ1n) is 8.31. The Labute approximate surface area is 161 Å². The number of amides is 1. The predicted octanol–water partition coefficient (Wildman–Crippen LogP) is 4.32. The van der Waals surface area contributed by atoms with Gasteiger partial charge >= 0.3 is 0 Å². The van der Waals surface area contributed by atoms with Crippen molar-refractivity contribution in [3.63, 3.8) is 0 Å². The molecule has 5 nitrogen and oxygen atoms in total. The van der Waals surface area contributed by atoms with Crippen molar-refractivity contribution in [2.75, 3.05) is 11.1 Å². The Hall–Kier alpha value is -2.25. The van der Waals surface area contributed by atoms with Crippen LogP contribution in [0.5, 0.6) is 0 Å². The number of anilines is 1. The summed E-state index contributed by atoms with van der Waals surface area (Å²) < 4.78 is 2.02. The molecule has 2 heterocycles. The van der Waals surface area contributed by atoms with Crippen LogP contribution in [0.3, 0.4) is 0 Å². The van der Waals surface area contributed by atoms with Crippen LogP contribution >= 0.6 is 23.5 Å². The summed E-state index contributed by atoms with van der Waals surface area (Å²) >= 11 is 3.12. The molecular formula is C19H20N4OS2. The van der Waals surface area contributed by atoms with Crippen LogP contribution in [0.4, 0.5) is 5.69 Å². The number of pyridine rings is 1. The van der Waals surface area contributed by atoms with Crippen molar-refractivity contribution in [1.29, 1.82) is 0 Å². The van der Waals surface area contributed by atoms with E-state index in [0.717, 1.165) is 33.7 Å². The molecule has 1 N–H and O–H groups in total. The van der Waals surface area contributed by atoms with Gasteiger partial charge in [0.1, 0.15) is 0 Å². The fourth-order valence-corrected chi connectivity index (χ4v) is 3.96. The van der Waals surface area contributed by atoms with E-state index in [1.807, 2.05) is 47.2 Å². The smallest absolute Gasteiger partial charge is 0.234 e. The molecule has 0 spiro atoms. The van der Waals surface area contributed by atoms with Gasteiger partial charge in [0, 0.05) is 36.6 Å². The number of carbonyl (C=O) groups excluding carboxylic acids is 1. The highest BCUT2D eigenvalue weighted by atomic mass is 32.2. The van der Waals surface area contributed by atoms with Crippen molar-refractivity contribution in [1.82, 2.24) is 14.5 Å². The molecule has 134 valence electrons. The van der Waals surface area contributed by atoms with E-state index >= 15 is 0 Å². The van der Waals surface area contributed by atoms with E-state index in [2.05, 4.69) is 28.3 Å². The summed E-state index contributed by atoms with van der Waals surface area (Å²) in [6.07, 6.45) is 5.47. The van der Waals surface area contributed by atoms with E-state index in [1.165, 1.54) is 11.8 Å². The van der Waals surface area contributed by atoms with E-state index in [9.17, 15) is 4.79 Å². The van der Waals surface area contributed by atoms with Crippen LogP contribution in [-0.2, 0) is 17.1 Å². The highest BCUT2D eigenvalue weighted by Crippen LogP contribution is 2.22. The maximum atomic E-state index is 12.2. The number of imidazole rings is 1. The van der Waals surface area contributed by atoms with E-state index in [-0.39, 0.29) is 5.91 Å². The van der Waals surface area contributed by atoms with Crippen molar-refractivity contribution >= 4 is 35.1 Å². The Morgan fingerprint density at radius 3 is 2.85 bits per heavy atom. The molecule has 0 saturated carbocycles. The van der Waals surface area contributed by atoms with Gasteiger partial charge in [-0.25, -0.2) is 9.97 Å². The van der Waals surface area contributed by atoms with Crippen molar-refractivity contribution < 1.29 is 4.79 Å². The van der Waals surface area contributed by atoms with Crippen molar-refractivity contribution in [2.45, 2.75) is 29.4 Å². The fraction of sp³-hybridized carbons (Fsp3) is 0.211. The lowest BCUT2D eigenvalue weighted by Gasteiger charge is -2.08. The zero-order valence-electron chi connectivity index (χ0n) is 14.5. The third-order valence-electron chi connectivity index (χ3n) is 3.59. The minimum absolute atomic E-state index is 0.0322. The van der Waals surface area contributed by atoms with Crippen LogP contribution in [0.2, 0.25) is 0 Å². The number of carbonyl (C=O) groups is 1. The first kappa shape index (κ1) is 18.5. The zero-order valence-corrected chi connectivity index (χ0v) is 16.1. The number of benzene rings is 1. The maximum absolute atomic E-state index is 12.2. The molecule has 0 bridgehead atoms. The van der Waals surface area contributed by atoms with Crippen molar-refractivity contribution in [2.24, 2.45) is 0 Å². The summed E-state index contributed by atoms with van der Waals surface area (Å²) in [6.45, 7) is 2.90. The van der Waals surface area contributed by atoms with Gasteiger partial charge in [0.15, 0.2) is 5.16 Å². The maximum Gasteiger partial charge on any atom is 0.234 e. The Morgan fingerprint density at radius 2 is 2.04 bits per heavy atom. The summed E-state index contributed by atoms with van der Waals surface area (Å²) in [6, 6.07) is 13.8. The number of hydrogen-bond acceptors (Lipinski definition) is 5. The quantitative estimate of drug-likeness (QED) is 0.586. The van der Waals surface area contributed by atoms with Gasteiger partial charge in [0.05, 0.1) is 10.8 Å². The highest BCUT2D eigenvalue weighted by molar-refractivity contribution is 7.99. The Bertz CT molecular complexity index is 852. The van der Waals surface area contributed by atoms with E-state index < -0.39 is 0 Å². The second-order valence-corrected chi connectivity index (χ2v) is 7.43. The Morgan fingerprint density at radius 1 is 1.12 bits per heavy atom. The lowest BCUT2D eigenvalue weighted by molar-refractivity contribution is -0.113. The number of aromatic nitrogens is 3. The van der Waals surface area contributed by atoms with E-state index in [1.54, 1.807) is 24.2 Å². The molecule has 0 aliphatic rings. The van der Waals surface area contributed by atoms with Gasteiger partial charge in [0.2, 0.25) is 5.91 Å². The molecule has 0 aliphatic heterocycles. The van der Waals surface area contributed by atoms with E-state index in [4.69, 9.17) is 0 Å². The Balaban J connectivity index is 1.52. The average molecular weight is 385 g/mol. The molecule has 7 heteroatoms. The molecule has 1 aromatic carbocycles. The molecule has 0 fully saturated rings. The molecule has 0 unspecified atom stereocenters. The molecule has 0 atom stereocenters. The van der Waals surface area contributed by atoms with Gasteiger partial charge in [-0.2, -0.15) is 0 Å². The molecule has 1 amide bonds. The van der Waals surface area contributed by atoms with Gasteiger partial charge in [-0.1, -0.05) is 30.0 Å². The topological polar surface area (TPSA) is 59.8 Å². The molecule has 0 radical (unpaired) electrons. The predicted molar refractivity (Wildman–Crippen MR) is 107 cm³/mol. The van der Waals surface area contributed by atoms with Crippen molar-refractivity contribution in [3.8, 4) is 0 Å². The summed E-state index contributed by atoms with van der Waals surface area (Å²) in [5.41, 5.74) is 1.96. The highest BCUT2D eigenvalue weighted by Gasteiger charge is 2.08. The van der Waals surface area contributed by atoms with Crippen molar-refractivity contribution in [3.05, 3.63) is 66.6 Å². The third-order valence-corrected chi connectivity index (χ3v) is 5.61. The molecule has 3 aromatic rings. The monoisotopic (exact) mass is 384 g/mol. The van der Waals surface area contributed by atoms with Gasteiger partial charge in [-0.3, -0.25) is 4.79 Å². The molecule has 3 rings (SSSR count). The normalized spacial score (nSPS) is 10.7. The van der Waals surface area contributed by atoms with E-state index in [0.29, 0.717) is 5.75 Å². The summed E-state index contributed by atoms with van der Waals surface area (Å²) in [7, 11) is 0. The van der Waals surface area contributed by atoms with Gasteiger partial charge in [-0.05, 0) is 36.8 Å². The zero-order chi connectivity index (χ0) is 18.2. The van der Waals surface area contributed by atoms with Crippen LogP contribution in [0.25, 0.3) is 0 Å². The first-order valence-corrected chi connectivity index (χ1v) is 10.3. The standard InChI is InChI=1S/C19H20N4OS2/c1-2-23-11-10-21-19(23)26-14-17(24)22-16-7-5-6-15(12-16)13-25-18-8-3-4-9-20-18/h3-12H,2,13-14H2,1H3,(H,22,24). The lowest BCUT2D eigenvalue weighted by Crippen LogP contribution is -2.14. The third kappa shape index (κ3) is 5.37. The molecule has 0 aliphatic carbocycles. The van der Waals surface area contributed by atoms with Crippen LogP contribution in [0, 0.1) is 0 Å². The van der Waals surface area contributed by atoms with Crippen LogP contribution in [0.15, 0.2) is 71.2 Å². The van der Waals surface area contributed by atoms with Gasteiger partial charge < -0.3 is 9.88 Å². The average Bonchev–Trinajstić information content (AvgIpc) is 3.13. The summed E-state index contributed by atoms with van der Waals surface area (Å²) in [5.74, 6) is 1.11. The largest absolute Gasteiger partial charge is 0.326 e.